The maximum Gasteiger partial charge on any atom is 0.277 e. The van der Waals surface area contributed by atoms with Crippen LogP contribution < -0.4 is 10.2 Å². The number of piperazine rings is 1. The molecule has 0 saturated carbocycles. The van der Waals surface area contributed by atoms with Crippen molar-refractivity contribution < 1.29 is 13.6 Å². The molecule has 1 aliphatic heterocycles. The summed E-state index contributed by atoms with van der Waals surface area (Å²) in [7, 11) is 0. The third kappa shape index (κ3) is 5.40. The van der Waals surface area contributed by atoms with Gasteiger partial charge in [0.2, 0.25) is 11.8 Å². The van der Waals surface area contributed by atoms with E-state index >= 15 is 0 Å². The first-order valence-electron chi connectivity index (χ1n) is 10.3. The Morgan fingerprint density at radius 2 is 1.97 bits per heavy atom. The van der Waals surface area contributed by atoms with Crippen LogP contribution in [0.3, 0.4) is 0 Å². The van der Waals surface area contributed by atoms with Gasteiger partial charge in [-0.05, 0) is 36.9 Å². The number of carbonyl (C=O) groups is 1. The summed E-state index contributed by atoms with van der Waals surface area (Å²) in [5.41, 5.74) is 2.01. The van der Waals surface area contributed by atoms with Crippen molar-refractivity contribution in [1.82, 2.24) is 15.1 Å². The molecule has 0 bridgehead atoms. The zero-order chi connectivity index (χ0) is 22.5. The average Bonchev–Trinajstić information content (AvgIpc) is 3.27. The monoisotopic (exact) mass is 475 g/mol. The van der Waals surface area contributed by atoms with E-state index in [1.807, 2.05) is 18.2 Å². The molecular formula is C22H23ClFN5O2S. The van der Waals surface area contributed by atoms with Gasteiger partial charge in [-0.3, -0.25) is 4.79 Å². The van der Waals surface area contributed by atoms with Crippen LogP contribution in [0, 0.1) is 5.82 Å². The normalized spacial score (nSPS) is 14.5. The van der Waals surface area contributed by atoms with E-state index in [9.17, 15) is 9.18 Å². The largest absolute Gasteiger partial charge is 0.411 e. The molecule has 0 radical (unpaired) electrons. The Balaban J connectivity index is 1.38. The van der Waals surface area contributed by atoms with E-state index in [1.165, 1.54) is 12.1 Å². The fourth-order valence-electron chi connectivity index (χ4n) is 3.55. The SMILES string of the molecule is CCN1CCN(c2c(Cl)cccc2NC(=O)CSc2nnc(-c3cccc(F)c3)o2)CC1. The Kier molecular flexibility index (Phi) is 7.29. The number of nitrogens with one attached hydrogen (secondary N) is 1. The lowest BCUT2D eigenvalue weighted by atomic mass is 10.2. The molecule has 1 fully saturated rings. The second-order valence-electron chi connectivity index (χ2n) is 7.28. The summed E-state index contributed by atoms with van der Waals surface area (Å²) in [6.07, 6.45) is 0. The number of carbonyl (C=O) groups excluding carboxylic acids is 1. The minimum absolute atomic E-state index is 0.0837. The molecule has 1 saturated heterocycles. The van der Waals surface area contributed by atoms with Gasteiger partial charge in [0.25, 0.3) is 5.22 Å². The van der Waals surface area contributed by atoms with Crippen LogP contribution in [0.25, 0.3) is 11.5 Å². The number of likely N-dealkylation sites (N-methyl/N-ethyl adjacent to an activating group) is 1. The summed E-state index contributed by atoms with van der Waals surface area (Å²) in [6, 6.07) is 11.4. The molecule has 0 aliphatic carbocycles. The number of anilines is 2. The lowest BCUT2D eigenvalue weighted by Gasteiger charge is -2.36. The van der Waals surface area contributed by atoms with Gasteiger partial charge in [-0.2, -0.15) is 0 Å². The first kappa shape index (κ1) is 22.6. The number of thioether (sulfide) groups is 1. The zero-order valence-electron chi connectivity index (χ0n) is 17.6. The smallest absolute Gasteiger partial charge is 0.277 e. The topological polar surface area (TPSA) is 74.5 Å². The van der Waals surface area contributed by atoms with Gasteiger partial charge < -0.3 is 19.5 Å². The predicted molar refractivity (Wildman–Crippen MR) is 125 cm³/mol. The van der Waals surface area contributed by atoms with Crippen LogP contribution in [0.1, 0.15) is 6.92 Å². The number of hydrogen-bond donors (Lipinski definition) is 1. The zero-order valence-corrected chi connectivity index (χ0v) is 19.1. The van der Waals surface area contributed by atoms with Gasteiger partial charge in [0.1, 0.15) is 5.82 Å². The first-order valence-corrected chi connectivity index (χ1v) is 11.7. The van der Waals surface area contributed by atoms with E-state index in [1.54, 1.807) is 12.1 Å². The molecule has 0 atom stereocenters. The van der Waals surface area contributed by atoms with Gasteiger partial charge in [-0.1, -0.05) is 42.4 Å². The van der Waals surface area contributed by atoms with E-state index in [2.05, 4.69) is 32.2 Å². The van der Waals surface area contributed by atoms with E-state index in [4.69, 9.17) is 16.0 Å². The van der Waals surface area contributed by atoms with Crippen molar-refractivity contribution in [3.63, 3.8) is 0 Å². The Bertz CT molecular complexity index is 1090. The van der Waals surface area contributed by atoms with Gasteiger partial charge in [0, 0.05) is 31.7 Å². The number of amides is 1. The quantitative estimate of drug-likeness (QED) is 0.507. The lowest BCUT2D eigenvalue weighted by molar-refractivity contribution is -0.113. The molecule has 1 amide bonds. The third-order valence-corrected chi connectivity index (χ3v) is 6.32. The summed E-state index contributed by atoms with van der Waals surface area (Å²) in [4.78, 5) is 17.2. The number of nitrogens with zero attached hydrogens (tertiary/aromatic N) is 4. The van der Waals surface area contributed by atoms with Crippen molar-refractivity contribution in [3.8, 4) is 11.5 Å². The Hall–Kier alpha value is -2.62. The molecule has 1 aromatic heterocycles. The van der Waals surface area contributed by atoms with Gasteiger partial charge in [-0.15, -0.1) is 10.2 Å². The molecule has 1 aliphatic rings. The highest BCUT2D eigenvalue weighted by Crippen LogP contribution is 2.35. The van der Waals surface area contributed by atoms with Crippen LogP contribution in [0.5, 0.6) is 0 Å². The van der Waals surface area contributed by atoms with Crippen molar-refractivity contribution in [2.24, 2.45) is 0 Å². The number of rotatable bonds is 7. The van der Waals surface area contributed by atoms with Gasteiger partial charge in [0.15, 0.2) is 0 Å². The molecular weight excluding hydrogens is 453 g/mol. The second kappa shape index (κ2) is 10.3. The van der Waals surface area contributed by atoms with Crippen molar-refractivity contribution in [2.75, 3.05) is 48.7 Å². The predicted octanol–water partition coefficient (Wildman–Crippen LogP) is 4.40. The summed E-state index contributed by atoms with van der Waals surface area (Å²) in [5.74, 6) is -0.310. The van der Waals surface area contributed by atoms with Gasteiger partial charge in [0.05, 0.1) is 22.2 Å². The van der Waals surface area contributed by atoms with E-state index in [0.29, 0.717) is 16.3 Å². The van der Waals surface area contributed by atoms with Crippen molar-refractivity contribution in [2.45, 2.75) is 12.1 Å². The van der Waals surface area contributed by atoms with Crippen molar-refractivity contribution in [3.05, 3.63) is 53.3 Å². The first-order chi connectivity index (χ1) is 15.5. The minimum atomic E-state index is -0.386. The maximum absolute atomic E-state index is 13.4. The van der Waals surface area contributed by atoms with Crippen LogP contribution in [0.2, 0.25) is 5.02 Å². The highest BCUT2D eigenvalue weighted by Gasteiger charge is 2.21. The Labute approximate surface area is 194 Å². The van der Waals surface area contributed by atoms with Crippen LogP contribution in [-0.4, -0.2) is 59.5 Å². The highest BCUT2D eigenvalue weighted by molar-refractivity contribution is 7.99. The van der Waals surface area contributed by atoms with Crippen LogP contribution in [0.4, 0.5) is 15.8 Å². The van der Waals surface area contributed by atoms with E-state index < -0.39 is 0 Å². The molecule has 3 aromatic rings. The molecule has 7 nitrogen and oxygen atoms in total. The summed E-state index contributed by atoms with van der Waals surface area (Å²) in [5, 5.41) is 11.7. The molecule has 10 heteroatoms. The van der Waals surface area contributed by atoms with E-state index in [-0.39, 0.29) is 28.6 Å². The lowest BCUT2D eigenvalue weighted by Crippen LogP contribution is -2.46. The number of para-hydroxylation sites is 1. The van der Waals surface area contributed by atoms with Crippen LogP contribution in [-0.2, 0) is 4.79 Å². The summed E-state index contributed by atoms with van der Waals surface area (Å²) >= 11 is 7.61. The molecule has 32 heavy (non-hydrogen) atoms. The molecule has 2 heterocycles. The Morgan fingerprint density at radius 1 is 1.19 bits per heavy atom. The maximum atomic E-state index is 13.4. The second-order valence-corrected chi connectivity index (χ2v) is 8.61. The summed E-state index contributed by atoms with van der Waals surface area (Å²) in [6.45, 7) is 6.78. The summed E-state index contributed by atoms with van der Waals surface area (Å²) < 4.78 is 18.9. The Morgan fingerprint density at radius 3 is 2.72 bits per heavy atom. The third-order valence-electron chi connectivity index (χ3n) is 5.20. The fourth-order valence-corrected chi connectivity index (χ4v) is 4.40. The molecule has 2 aromatic carbocycles. The number of hydrogen-bond acceptors (Lipinski definition) is 7. The number of aromatic nitrogens is 2. The molecule has 4 rings (SSSR count). The van der Waals surface area contributed by atoms with Gasteiger partial charge >= 0.3 is 0 Å². The van der Waals surface area contributed by atoms with Gasteiger partial charge in [-0.25, -0.2) is 4.39 Å². The standard InChI is InChI=1S/C22H23ClFN5O2S/c1-2-28-9-11-29(12-10-28)20-17(23)7-4-8-18(20)25-19(30)14-32-22-27-26-21(31-22)15-5-3-6-16(24)13-15/h3-8,13H,2,9-12,14H2,1H3,(H,25,30). The van der Waals surface area contributed by atoms with Crippen molar-refractivity contribution >= 4 is 40.6 Å². The van der Waals surface area contributed by atoms with Crippen LogP contribution in [0.15, 0.2) is 52.1 Å². The molecule has 1 N–H and O–H groups in total. The van der Waals surface area contributed by atoms with Crippen LogP contribution >= 0.6 is 23.4 Å². The number of benzene rings is 2. The fraction of sp³-hybridized carbons (Fsp3) is 0.318. The minimum Gasteiger partial charge on any atom is -0.411 e. The van der Waals surface area contributed by atoms with Crippen molar-refractivity contribution in [1.29, 1.82) is 0 Å². The molecule has 0 spiro atoms. The average molecular weight is 476 g/mol. The van der Waals surface area contributed by atoms with E-state index in [0.717, 1.165) is 50.2 Å². The highest BCUT2D eigenvalue weighted by atomic mass is 35.5. The molecule has 168 valence electrons. The molecule has 0 unspecified atom stereocenters. The number of halogens is 2.